The van der Waals surface area contributed by atoms with E-state index in [0.29, 0.717) is 5.56 Å². The average Bonchev–Trinajstić information content (AvgIpc) is 2.04. The second-order valence-electron chi connectivity index (χ2n) is 2.31. The quantitative estimate of drug-likeness (QED) is 0.562. The molecule has 0 saturated carbocycles. The third kappa shape index (κ3) is 1.64. The Hall–Kier alpha value is -1.18. The zero-order chi connectivity index (χ0) is 8.27. The van der Waals surface area contributed by atoms with Gasteiger partial charge in [0.1, 0.15) is 0 Å². The Bertz CT molecular complexity index is 279. The van der Waals surface area contributed by atoms with E-state index in [1.807, 2.05) is 19.9 Å². The zero-order valence-corrected chi connectivity index (χ0v) is 6.63. The molecule has 0 saturated heterocycles. The molecule has 2 heteroatoms. The average molecular weight is 151 g/mol. The molecule has 0 amide bonds. The summed E-state index contributed by atoms with van der Waals surface area (Å²) in [6.45, 7) is 3.74. The summed E-state index contributed by atoms with van der Waals surface area (Å²) in [7, 11) is 0. The van der Waals surface area contributed by atoms with Gasteiger partial charge in [-0.25, -0.2) is 4.98 Å². The van der Waals surface area contributed by atoms with Crippen molar-refractivity contribution in [3.05, 3.63) is 35.9 Å². The van der Waals surface area contributed by atoms with Gasteiger partial charge in [-0.1, -0.05) is 6.08 Å². The second-order valence-corrected chi connectivity index (χ2v) is 2.31. The van der Waals surface area contributed by atoms with Crippen molar-refractivity contribution >= 4 is 5.57 Å². The molecule has 0 spiro atoms. The van der Waals surface area contributed by atoms with E-state index in [1.165, 1.54) is 6.20 Å². The predicted octanol–water partition coefficient (Wildman–Crippen LogP) is 2.64. The molecule has 0 aromatic carbocycles. The van der Waals surface area contributed by atoms with Crippen LogP contribution in [0, 0.1) is 5.95 Å². The highest BCUT2D eigenvalue weighted by molar-refractivity contribution is 5.62. The van der Waals surface area contributed by atoms with E-state index in [4.69, 9.17) is 0 Å². The molecular weight excluding hydrogens is 141 g/mol. The first kappa shape index (κ1) is 7.92. The van der Waals surface area contributed by atoms with Crippen LogP contribution in [0.25, 0.3) is 5.57 Å². The van der Waals surface area contributed by atoms with Crippen molar-refractivity contribution in [1.82, 2.24) is 4.98 Å². The molecule has 0 bridgehead atoms. The third-order valence-corrected chi connectivity index (χ3v) is 1.62. The van der Waals surface area contributed by atoms with E-state index >= 15 is 0 Å². The standard InChI is InChI=1S/C9H10FN/c1-3-7(2)8-5-4-6-11-9(8)10/h3-6H,1-2H3. The van der Waals surface area contributed by atoms with Crippen molar-refractivity contribution in [2.45, 2.75) is 13.8 Å². The molecule has 0 N–H and O–H groups in total. The summed E-state index contributed by atoms with van der Waals surface area (Å²) in [5.41, 5.74) is 1.49. The lowest BCUT2D eigenvalue weighted by molar-refractivity contribution is 0.580. The molecule has 1 nitrogen and oxygen atoms in total. The van der Waals surface area contributed by atoms with Gasteiger partial charge in [-0.05, 0) is 31.6 Å². The molecule has 11 heavy (non-hydrogen) atoms. The fraction of sp³-hybridized carbons (Fsp3) is 0.222. The highest BCUT2D eigenvalue weighted by Gasteiger charge is 2.01. The van der Waals surface area contributed by atoms with Crippen LogP contribution in [-0.2, 0) is 0 Å². The summed E-state index contributed by atoms with van der Waals surface area (Å²) in [6, 6.07) is 3.45. The predicted molar refractivity (Wildman–Crippen MR) is 43.5 cm³/mol. The van der Waals surface area contributed by atoms with Crippen LogP contribution in [-0.4, -0.2) is 4.98 Å². The Morgan fingerprint density at radius 3 is 2.91 bits per heavy atom. The van der Waals surface area contributed by atoms with Gasteiger partial charge >= 0.3 is 0 Å². The number of aromatic nitrogens is 1. The van der Waals surface area contributed by atoms with Crippen molar-refractivity contribution in [3.63, 3.8) is 0 Å². The molecule has 1 aromatic rings. The SMILES string of the molecule is CC=C(C)c1cccnc1F. The minimum atomic E-state index is -0.400. The summed E-state index contributed by atoms with van der Waals surface area (Å²) in [4.78, 5) is 3.54. The molecule has 0 aliphatic rings. The Morgan fingerprint density at radius 1 is 1.64 bits per heavy atom. The normalized spacial score (nSPS) is 11.7. The molecule has 1 rings (SSSR count). The molecule has 1 heterocycles. The van der Waals surface area contributed by atoms with Gasteiger partial charge < -0.3 is 0 Å². The molecule has 0 unspecified atom stereocenters. The number of allylic oxidation sites excluding steroid dienone is 2. The number of pyridine rings is 1. The highest BCUT2D eigenvalue weighted by Crippen LogP contribution is 2.14. The van der Waals surface area contributed by atoms with Gasteiger partial charge in [0.15, 0.2) is 0 Å². The minimum Gasteiger partial charge on any atom is -0.228 e. The molecule has 58 valence electrons. The first-order chi connectivity index (χ1) is 5.25. The molecule has 0 radical (unpaired) electrons. The van der Waals surface area contributed by atoms with Crippen LogP contribution in [0.3, 0.4) is 0 Å². The topological polar surface area (TPSA) is 12.9 Å². The van der Waals surface area contributed by atoms with Crippen LogP contribution in [0.1, 0.15) is 19.4 Å². The number of rotatable bonds is 1. The lowest BCUT2D eigenvalue weighted by Crippen LogP contribution is -1.88. The van der Waals surface area contributed by atoms with Crippen LogP contribution in [0.2, 0.25) is 0 Å². The number of halogens is 1. The first-order valence-electron chi connectivity index (χ1n) is 3.49. The van der Waals surface area contributed by atoms with Crippen LogP contribution in [0.15, 0.2) is 24.4 Å². The van der Waals surface area contributed by atoms with Gasteiger partial charge in [-0.2, -0.15) is 4.39 Å². The van der Waals surface area contributed by atoms with Gasteiger partial charge in [-0.15, -0.1) is 0 Å². The largest absolute Gasteiger partial charge is 0.228 e. The Kier molecular flexibility index (Phi) is 2.36. The summed E-state index contributed by atoms with van der Waals surface area (Å²) >= 11 is 0. The monoisotopic (exact) mass is 151 g/mol. The molecular formula is C9H10FN. The first-order valence-corrected chi connectivity index (χ1v) is 3.49. The van der Waals surface area contributed by atoms with Gasteiger partial charge in [0.25, 0.3) is 0 Å². The second kappa shape index (κ2) is 3.28. The summed E-state index contributed by atoms with van der Waals surface area (Å²) in [6.07, 6.45) is 3.31. The minimum absolute atomic E-state index is 0.400. The maximum atomic E-state index is 12.9. The Morgan fingerprint density at radius 2 is 2.36 bits per heavy atom. The maximum Gasteiger partial charge on any atom is 0.220 e. The summed E-state index contributed by atoms with van der Waals surface area (Å²) < 4.78 is 12.9. The highest BCUT2D eigenvalue weighted by atomic mass is 19.1. The summed E-state index contributed by atoms with van der Waals surface area (Å²) in [5, 5.41) is 0. The van der Waals surface area contributed by atoms with Crippen molar-refractivity contribution < 1.29 is 4.39 Å². The van der Waals surface area contributed by atoms with Crippen LogP contribution >= 0.6 is 0 Å². The van der Waals surface area contributed by atoms with Crippen LogP contribution < -0.4 is 0 Å². The van der Waals surface area contributed by atoms with Crippen molar-refractivity contribution in [3.8, 4) is 0 Å². The molecule has 0 aliphatic carbocycles. The Labute approximate surface area is 65.6 Å². The van der Waals surface area contributed by atoms with Crippen molar-refractivity contribution in [2.24, 2.45) is 0 Å². The van der Waals surface area contributed by atoms with Crippen LogP contribution in [0.5, 0.6) is 0 Å². The van der Waals surface area contributed by atoms with Gasteiger partial charge in [0.2, 0.25) is 5.95 Å². The molecule has 0 atom stereocenters. The van der Waals surface area contributed by atoms with E-state index in [0.717, 1.165) is 5.57 Å². The zero-order valence-electron chi connectivity index (χ0n) is 6.63. The third-order valence-electron chi connectivity index (χ3n) is 1.62. The van der Waals surface area contributed by atoms with Crippen molar-refractivity contribution in [1.29, 1.82) is 0 Å². The number of hydrogen-bond donors (Lipinski definition) is 0. The van der Waals surface area contributed by atoms with E-state index < -0.39 is 5.95 Å². The van der Waals surface area contributed by atoms with Gasteiger partial charge in [0.05, 0.1) is 0 Å². The number of hydrogen-bond acceptors (Lipinski definition) is 1. The van der Waals surface area contributed by atoms with E-state index in [1.54, 1.807) is 12.1 Å². The molecule has 0 aliphatic heterocycles. The maximum absolute atomic E-state index is 12.9. The van der Waals surface area contributed by atoms with E-state index in [2.05, 4.69) is 4.98 Å². The smallest absolute Gasteiger partial charge is 0.220 e. The lowest BCUT2D eigenvalue weighted by Gasteiger charge is -1.99. The van der Waals surface area contributed by atoms with Crippen LogP contribution in [0.4, 0.5) is 4.39 Å². The van der Waals surface area contributed by atoms with Gasteiger partial charge in [-0.3, -0.25) is 0 Å². The van der Waals surface area contributed by atoms with E-state index in [9.17, 15) is 4.39 Å². The van der Waals surface area contributed by atoms with Crippen molar-refractivity contribution in [2.75, 3.05) is 0 Å². The van der Waals surface area contributed by atoms with E-state index in [-0.39, 0.29) is 0 Å². The fourth-order valence-corrected chi connectivity index (χ4v) is 0.836. The summed E-state index contributed by atoms with van der Waals surface area (Å²) in [5.74, 6) is -0.400. The molecule has 0 fully saturated rings. The Balaban J connectivity index is 3.14. The molecule has 1 aromatic heterocycles. The fourth-order valence-electron chi connectivity index (χ4n) is 0.836. The van der Waals surface area contributed by atoms with Gasteiger partial charge in [0, 0.05) is 11.8 Å². The lowest BCUT2D eigenvalue weighted by atomic mass is 10.1. The number of nitrogens with zero attached hydrogens (tertiary/aromatic N) is 1.